The van der Waals surface area contributed by atoms with Crippen LogP contribution in [0.5, 0.6) is 0 Å². The van der Waals surface area contributed by atoms with E-state index >= 15 is 0 Å². The van der Waals surface area contributed by atoms with Crippen molar-refractivity contribution in [3.05, 3.63) is 70.8 Å². The number of benzene rings is 1. The van der Waals surface area contributed by atoms with E-state index in [0.29, 0.717) is 11.3 Å². The number of carbonyl (C=O) groups is 2. The van der Waals surface area contributed by atoms with Gasteiger partial charge in [-0.05, 0) is 24.0 Å². The topological polar surface area (TPSA) is 49.4 Å². The smallest absolute Gasteiger partial charge is 0.350 e. The summed E-state index contributed by atoms with van der Waals surface area (Å²) >= 11 is 1.40. The number of alkyl halides is 3. The number of carbonyl (C=O) groups excluding carboxylic acids is 2. The lowest BCUT2D eigenvalue weighted by atomic mass is 9.95. The van der Waals surface area contributed by atoms with E-state index in [0.717, 1.165) is 22.3 Å². The minimum Gasteiger partial charge on any atom is -0.350 e. The highest BCUT2D eigenvalue weighted by Gasteiger charge is 2.42. The van der Waals surface area contributed by atoms with E-state index in [1.807, 2.05) is 42.3 Å². The molecule has 0 fully saturated rings. The standard InChI is InChI=1S/C23H21F3N2O2S/c1-2-20(29)28(18-11-6-10-17(14-18)23(24,25)26)21(19-12-7-13-31-19)22(30)27-15-16-8-4-3-5-9-16/h1,3-6,8-12,17,21H,7,13-15H2,(H,27,30). The first kappa shape index (κ1) is 22.8. The van der Waals surface area contributed by atoms with Gasteiger partial charge in [0.05, 0.1) is 5.92 Å². The normalized spacial score (nSPS) is 19.1. The van der Waals surface area contributed by atoms with Crippen LogP contribution in [0.25, 0.3) is 0 Å². The van der Waals surface area contributed by atoms with Crippen LogP contribution in [0.15, 0.2) is 65.2 Å². The number of amides is 2. The fourth-order valence-electron chi connectivity index (χ4n) is 3.43. The van der Waals surface area contributed by atoms with Crippen LogP contribution >= 0.6 is 11.8 Å². The second-order valence-electron chi connectivity index (χ2n) is 7.06. The molecule has 2 unspecified atom stereocenters. The number of rotatable bonds is 6. The fraction of sp³-hybridized carbons (Fsp3) is 0.304. The zero-order chi connectivity index (χ0) is 22.4. The first-order valence-electron chi connectivity index (χ1n) is 9.69. The molecule has 2 amide bonds. The zero-order valence-corrected chi connectivity index (χ0v) is 17.4. The molecular weight excluding hydrogens is 425 g/mol. The molecule has 0 saturated heterocycles. The monoisotopic (exact) mass is 446 g/mol. The van der Waals surface area contributed by atoms with Crippen LogP contribution in [0.1, 0.15) is 18.4 Å². The minimum atomic E-state index is -4.46. The molecule has 1 aliphatic heterocycles. The summed E-state index contributed by atoms with van der Waals surface area (Å²) in [6, 6.07) is 8.07. The average molecular weight is 446 g/mol. The number of hydrogen-bond acceptors (Lipinski definition) is 3. The molecular formula is C23H21F3N2O2S. The maximum absolute atomic E-state index is 13.3. The number of hydrogen-bond donors (Lipinski definition) is 1. The van der Waals surface area contributed by atoms with Gasteiger partial charge in [-0.25, -0.2) is 0 Å². The third-order valence-corrected chi connectivity index (χ3v) is 6.11. The van der Waals surface area contributed by atoms with Crippen molar-refractivity contribution in [1.29, 1.82) is 0 Å². The maximum atomic E-state index is 13.3. The van der Waals surface area contributed by atoms with E-state index in [1.54, 1.807) is 0 Å². The van der Waals surface area contributed by atoms with Gasteiger partial charge in [0.1, 0.15) is 6.04 Å². The van der Waals surface area contributed by atoms with Gasteiger partial charge in [-0.2, -0.15) is 13.2 Å². The van der Waals surface area contributed by atoms with Crippen LogP contribution in [0, 0.1) is 18.3 Å². The van der Waals surface area contributed by atoms with E-state index in [2.05, 4.69) is 5.32 Å². The van der Waals surface area contributed by atoms with Gasteiger partial charge in [0.2, 0.25) is 5.91 Å². The van der Waals surface area contributed by atoms with Crippen molar-refractivity contribution < 1.29 is 22.8 Å². The van der Waals surface area contributed by atoms with Crippen LogP contribution in [-0.2, 0) is 16.1 Å². The van der Waals surface area contributed by atoms with Crippen molar-refractivity contribution in [3.8, 4) is 12.3 Å². The Labute approximate surface area is 183 Å². The van der Waals surface area contributed by atoms with E-state index in [4.69, 9.17) is 6.42 Å². The predicted octanol–water partition coefficient (Wildman–Crippen LogP) is 4.18. The van der Waals surface area contributed by atoms with Crippen molar-refractivity contribution >= 4 is 23.6 Å². The fourth-order valence-corrected chi connectivity index (χ4v) is 4.51. The van der Waals surface area contributed by atoms with Gasteiger partial charge in [0.25, 0.3) is 0 Å². The molecule has 1 aromatic carbocycles. The number of allylic oxidation sites excluding steroid dienone is 5. The molecule has 1 heterocycles. The number of thioether (sulfide) groups is 1. The van der Waals surface area contributed by atoms with E-state index in [9.17, 15) is 22.8 Å². The summed E-state index contributed by atoms with van der Waals surface area (Å²) < 4.78 is 39.9. The maximum Gasteiger partial charge on any atom is 0.395 e. The average Bonchev–Trinajstić information content (AvgIpc) is 3.29. The predicted molar refractivity (Wildman–Crippen MR) is 114 cm³/mol. The second kappa shape index (κ2) is 9.92. The van der Waals surface area contributed by atoms with Gasteiger partial charge in [-0.15, -0.1) is 18.2 Å². The Morgan fingerprint density at radius 2 is 2.03 bits per heavy atom. The third-order valence-electron chi connectivity index (χ3n) is 4.95. The van der Waals surface area contributed by atoms with E-state index < -0.39 is 36.4 Å². The Kier molecular flexibility index (Phi) is 7.29. The number of halogens is 3. The molecule has 0 aromatic heterocycles. The molecule has 2 atom stereocenters. The molecule has 1 N–H and O–H groups in total. The lowest BCUT2D eigenvalue weighted by Crippen LogP contribution is -2.49. The van der Waals surface area contributed by atoms with Crippen molar-refractivity contribution in [2.45, 2.75) is 31.6 Å². The number of nitrogens with one attached hydrogen (secondary N) is 1. The van der Waals surface area contributed by atoms with E-state index in [-0.39, 0.29) is 12.2 Å². The summed E-state index contributed by atoms with van der Waals surface area (Å²) in [6.45, 7) is 0.219. The summed E-state index contributed by atoms with van der Waals surface area (Å²) in [4.78, 5) is 27.5. The van der Waals surface area contributed by atoms with Gasteiger partial charge < -0.3 is 5.32 Å². The highest BCUT2D eigenvalue weighted by atomic mass is 32.2. The summed E-state index contributed by atoms with van der Waals surface area (Å²) in [5.41, 5.74) is 0.926. The van der Waals surface area contributed by atoms with Gasteiger partial charge in [-0.3, -0.25) is 14.5 Å². The first-order chi connectivity index (χ1) is 14.8. The highest BCUT2D eigenvalue weighted by Crippen LogP contribution is 2.38. The van der Waals surface area contributed by atoms with Gasteiger partial charge in [-0.1, -0.05) is 48.6 Å². The van der Waals surface area contributed by atoms with Gasteiger partial charge in [0.15, 0.2) is 0 Å². The molecule has 0 radical (unpaired) electrons. The summed E-state index contributed by atoms with van der Waals surface area (Å²) in [5, 5.41) is 2.79. The van der Waals surface area contributed by atoms with Crippen molar-refractivity contribution in [3.63, 3.8) is 0 Å². The Bertz CT molecular complexity index is 961. The SMILES string of the molecule is C#CC(=O)N(C1=CC=CC(C(F)(F)F)C1)C(C(=O)NCc1ccccc1)C1=CCCS1. The molecule has 0 spiro atoms. The Hall–Kier alpha value is -2.92. The van der Waals surface area contributed by atoms with Crippen LogP contribution < -0.4 is 5.32 Å². The number of terminal acetylenes is 1. The number of nitrogens with zero attached hydrogens (tertiary/aromatic N) is 1. The highest BCUT2D eigenvalue weighted by molar-refractivity contribution is 8.03. The molecule has 4 nitrogen and oxygen atoms in total. The largest absolute Gasteiger partial charge is 0.395 e. The van der Waals surface area contributed by atoms with Crippen molar-refractivity contribution in [1.82, 2.24) is 10.2 Å². The third kappa shape index (κ3) is 5.61. The molecule has 0 bridgehead atoms. The Morgan fingerprint density at radius 3 is 2.65 bits per heavy atom. The van der Waals surface area contributed by atoms with E-state index in [1.165, 1.54) is 23.9 Å². The van der Waals surface area contributed by atoms with Crippen molar-refractivity contribution in [2.24, 2.45) is 5.92 Å². The van der Waals surface area contributed by atoms with Crippen LogP contribution in [0.4, 0.5) is 13.2 Å². The van der Waals surface area contributed by atoms with Crippen LogP contribution in [0.3, 0.4) is 0 Å². The van der Waals surface area contributed by atoms with Gasteiger partial charge >= 0.3 is 12.1 Å². The molecule has 3 rings (SSSR count). The summed E-state index contributed by atoms with van der Waals surface area (Å²) in [5.74, 6) is -0.401. The molecule has 2 aliphatic rings. The molecule has 0 saturated carbocycles. The lowest BCUT2D eigenvalue weighted by Gasteiger charge is -2.34. The Morgan fingerprint density at radius 1 is 1.29 bits per heavy atom. The molecule has 162 valence electrons. The first-order valence-corrected chi connectivity index (χ1v) is 10.7. The molecule has 8 heteroatoms. The quantitative estimate of drug-likeness (QED) is 0.667. The lowest BCUT2D eigenvalue weighted by molar-refractivity contribution is -0.162. The second-order valence-corrected chi connectivity index (χ2v) is 8.23. The summed E-state index contributed by atoms with van der Waals surface area (Å²) in [6.07, 6.45) is 6.64. The molecule has 31 heavy (non-hydrogen) atoms. The molecule has 1 aromatic rings. The summed E-state index contributed by atoms with van der Waals surface area (Å²) in [7, 11) is 0. The Balaban J connectivity index is 1.91. The zero-order valence-electron chi connectivity index (χ0n) is 16.6. The minimum absolute atomic E-state index is 0.0704. The van der Waals surface area contributed by atoms with Crippen LogP contribution in [0.2, 0.25) is 0 Å². The van der Waals surface area contributed by atoms with Gasteiger partial charge in [0, 0.05) is 29.3 Å². The van der Waals surface area contributed by atoms with Crippen molar-refractivity contribution in [2.75, 3.05) is 5.75 Å². The van der Waals surface area contributed by atoms with Crippen LogP contribution in [-0.4, -0.2) is 34.7 Å². The molecule has 1 aliphatic carbocycles.